The van der Waals surface area contributed by atoms with Gasteiger partial charge in [-0.25, -0.2) is 4.98 Å². The van der Waals surface area contributed by atoms with Crippen LogP contribution in [0.15, 0.2) is 53.1 Å². The first-order valence-corrected chi connectivity index (χ1v) is 8.71. The predicted octanol–water partition coefficient (Wildman–Crippen LogP) is 4.32. The molecule has 2 N–H and O–H groups in total. The zero-order valence-corrected chi connectivity index (χ0v) is 15.3. The first-order valence-electron chi connectivity index (χ1n) is 8.71. The third-order valence-corrected chi connectivity index (χ3v) is 4.15. The highest BCUT2D eigenvalue weighted by Crippen LogP contribution is 2.22. The molecule has 5 nitrogen and oxygen atoms in total. The molecule has 26 heavy (non-hydrogen) atoms. The Bertz CT molecular complexity index is 898. The van der Waals surface area contributed by atoms with Crippen LogP contribution < -0.4 is 10.6 Å². The van der Waals surface area contributed by atoms with E-state index < -0.39 is 0 Å². The fourth-order valence-corrected chi connectivity index (χ4v) is 2.68. The van der Waals surface area contributed by atoms with Crippen molar-refractivity contribution in [1.82, 2.24) is 10.3 Å². The fraction of sp³-hybridized carbons (Fsp3) is 0.238. The van der Waals surface area contributed by atoms with E-state index in [1.54, 1.807) is 6.20 Å². The molecule has 0 bridgehead atoms. The van der Waals surface area contributed by atoms with Crippen molar-refractivity contribution in [2.24, 2.45) is 0 Å². The van der Waals surface area contributed by atoms with Gasteiger partial charge in [-0.05, 0) is 44.5 Å². The number of carbonyl (C=O) groups excluding carboxylic acids is 1. The minimum Gasteiger partial charge on any atom is -0.439 e. The van der Waals surface area contributed by atoms with Crippen molar-refractivity contribution >= 4 is 11.6 Å². The monoisotopic (exact) mass is 349 g/mol. The summed E-state index contributed by atoms with van der Waals surface area (Å²) >= 11 is 0. The average Bonchev–Trinajstić information content (AvgIpc) is 3.10. The second-order valence-corrected chi connectivity index (χ2v) is 6.23. The van der Waals surface area contributed by atoms with Gasteiger partial charge in [0.05, 0.1) is 12.7 Å². The maximum Gasteiger partial charge on any atom is 0.251 e. The molecule has 0 fully saturated rings. The van der Waals surface area contributed by atoms with Crippen LogP contribution in [-0.2, 0) is 6.54 Å². The van der Waals surface area contributed by atoms with Crippen LogP contribution in [0.2, 0.25) is 0 Å². The van der Waals surface area contributed by atoms with E-state index >= 15 is 0 Å². The van der Waals surface area contributed by atoms with Crippen LogP contribution in [0.1, 0.15) is 34.3 Å². The molecule has 1 aromatic heterocycles. The molecule has 1 amide bonds. The van der Waals surface area contributed by atoms with Crippen molar-refractivity contribution in [3.63, 3.8) is 0 Å². The van der Waals surface area contributed by atoms with E-state index in [0.717, 1.165) is 22.6 Å². The Balaban J connectivity index is 1.66. The molecular weight excluding hydrogens is 326 g/mol. The third-order valence-electron chi connectivity index (χ3n) is 4.15. The summed E-state index contributed by atoms with van der Waals surface area (Å²) < 4.78 is 5.83. The molecule has 2 aromatic carbocycles. The van der Waals surface area contributed by atoms with Gasteiger partial charge in [0.2, 0.25) is 5.89 Å². The highest BCUT2D eigenvalue weighted by atomic mass is 16.4. The molecule has 5 heteroatoms. The van der Waals surface area contributed by atoms with E-state index in [-0.39, 0.29) is 5.91 Å². The number of aromatic nitrogens is 1. The van der Waals surface area contributed by atoms with Crippen LogP contribution in [0.3, 0.4) is 0 Å². The zero-order chi connectivity index (χ0) is 18.5. The Labute approximate surface area is 153 Å². The summed E-state index contributed by atoms with van der Waals surface area (Å²) in [7, 11) is 0. The number of amides is 1. The van der Waals surface area contributed by atoms with Crippen molar-refractivity contribution < 1.29 is 9.21 Å². The van der Waals surface area contributed by atoms with Crippen molar-refractivity contribution in [3.8, 4) is 11.3 Å². The molecule has 0 saturated carbocycles. The topological polar surface area (TPSA) is 67.2 Å². The minimum absolute atomic E-state index is 0.0578. The lowest BCUT2D eigenvalue weighted by atomic mass is 10.1. The molecule has 0 aliphatic heterocycles. The van der Waals surface area contributed by atoms with Crippen LogP contribution in [0.5, 0.6) is 0 Å². The Morgan fingerprint density at radius 3 is 2.58 bits per heavy atom. The van der Waals surface area contributed by atoms with Gasteiger partial charge >= 0.3 is 0 Å². The number of rotatable bonds is 6. The van der Waals surface area contributed by atoms with Gasteiger partial charge in [0, 0.05) is 23.4 Å². The Morgan fingerprint density at radius 2 is 1.88 bits per heavy atom. The fourth-order valence-electron chi connectivity index (χ4n) is 2.68. The number of nitrogens with zero attached hydrogens (tertiary/aromatic N) is 1. The smallest absolute Gasteiger partial charge is 0.251 e. The van der Waals surface area contributed by atoms with Crippen LogP contribution >= 0.6 is 0 Å². The van der Waals surface area contributed by atoms with Crippen LogP contribution in [0, 0.1) is 13.8 Å². The number of nitrogens with one attached hydrogen (secondary N) is 2. The first-order chi connectivity index (χ1) is 12.6. The Hall–Kier alpha value is -3.08. The van der Waals surface area contributed by atoms with Gasteiger partial charge in [-0.3, -0.25) is 4.79 Å². The second-order valence-electron chi connectivity index (χ2n) is 6.23. The largest absolute Gasteiger partial charge is 0.439 e. The number of benzene rings is 2. The lowest BCUT2D eigenvalue weighted by Crippen LogP contribution is -2.22. The summed E-state index contributed by atoms with van der Waals surface area (Å²) in [5, 5.41) is 6.12. The van der Waals surface area contributed by atoms with Crippen molar-refractivity contribution in [2.45, 2.75) is 27.3 Å². The van der Waals surface area contributed by atoms with Crippen molar-refractivity contribution in [3.05, 3.63) is 71.2 Å². The lowest BCUT2D eigenvalue weighted by molar-refractivity contribution is 0.0956. The predicted molar refractivity (Wildman–Crippen MR) is 103 cm³/mol. The summed E-state index contributed by atoms with van der Waals surface area (Å²) in [6, 6.07) is 13.7. The Kier molecular flexibility index (Phi) is 5.37. The van der Waals surface area contributed by atoms with Crippen molar-refractivity contribution in [2.75, 3.05) is 11.9 Å². The summed E-state index contributed by atoms with van der Waals surface area (Å²) in [6.07, 6.45) is 1.74. The van der Waals surface area contributed by atoms with E-state index in [9.17, 15) is 4.79 Å². The molecule has 0 aliphatic carbocycles. The number of anilines is 1. The molecule has 0 atom stereocenters. The average molecular weight is 349 g/mol. The minimum atomic E-state index is -0.0578. The van der Waals surface area contributed by atoms with Gasteiger partial charge in [-0.1, -0.05) is 29.8 Å². The van der Waals surface area contributed by atoms with E-state index in [4.69, 9.17) is 4.42 Å². The molecular formula is C21H23N3O2. The SMILES string of the molecule is CCNC(=O)c1ccc(NCc2ncc(-c3ccc(C)cc3)o2)c(C)c1. The molecule has 0 aliphatic rings. The normalized spacial score (nSPS) is 10.6. The van der Waals surface area contributed by atoms with Gasteiger partial charge < -0.3 is 15.1 Å². The maximum absolute atomic E-state index is 11.9. The molecule has 3 rings (SSSR count). The van der Waals surface area contributed by atoms with Crippen LogP contribution in [-0.4, -0.2) is 17.4 Å². The molecule has 0 saturated heterocycles. The van der Waals surface area contributed by atoms with Crippen LogP contribution in [0.4, 0.5) is 5.69 Å². The molecule has 134 valence electrons. The number of aryl methyl sites for hydroxylation is 2. The van der Waals surface area contributed by atoms with Gasteiger partial charge in [0.15, 0.2) is 5.76 Å². The summed E-state index contributed by atoms with van der Waals surface area (Å²) in [6.45, 7) is 7.03. The Morgan fingerprint density at radius 1 is 1.12 bits per heavy atom. The molecule has 1 heterocycles. The maximum atomic E-state index is 11.9. The highest BCUT2D eigenvalue weighted by molar-refractivity contribution is 5.94. The zero-order valence-electron chi connectivity index (χ0n) is 15.3. The molecule has 3 aromatic rings. The summed E-state index contributed by atoms with van der Waals surface area (Å²) in [5.41, 5.74) is 4.83. The lowest BCUT2D eigenvalue weighted by Gasteiger charge is -2.10. The van der Waals surface area contributed by atoms with Crippen LogP contribution in [0.25, 0.3) is 11.3 Å². The molecule has 0 radical (unpaired) electrons. The van der Waals surface area contributed by atoms with E-state index in [1.807, 2.05) is 44.2 Å². The van der Waals surface area contributed by atoms with E-state index in [0.29, 0.717) is 24.5 Å². The first kappa shape index (κ1) is 17.7. The van der Waals surface area contributed by atoms with Gasteiger partial charge in [-0.15, -0.1) is 0 Å². The molecule has 0 unspecified atom stereocenters. The van der Waals surface area contributed by atoms with Crippen molar-refractivity contribution in [1.29, 1.82) is 0 Å². The van der Waals surface area contributed by atoms with E-state index in [2.05, 4.69) is 34.7 Å². The number of carbonyl (C=O) groups is 1. The van der Waals surface area contributed by atoms with Gasteiger partial charge in [0.1, 0.15) is 0 Å². The van der Waals surface area contributed by atoms with Gasteiger partial charge in [0.25, 0.3) is 5.91 Å². The highest BCUT2D eigenvalue weighted by Gasteiger charge is 2.09. The number of hydrogen-bond donors (Lipinski definition) is 2. The third kappa shape index (κ3) is 4.11. The van der Waals surface area contributed by atoms with E-state index in [1.165, 1.54) is 5.56 Å². The summed E-state index contributed by atoms with van der Waals surface area (Å²) in [5.74, 6) is 1.32. The second kappa shape index (κ2) is 7.87. The number of oxazole rings is 1. The quantitative estimate of drug-likeness (QED) is 0.695. The number of hydrogen-bond acceptors (Lipinski definition) is 4. The standard InChI is InChI=1S/C21H23N3O2/c1-4-22-21(25)17-9-10-18(15(3)11-17)23-13-20-24-12-19(26-20)16-7-5-14(2)6-8-16/h5-12,23H,4,13H2,1-3H3,(H,22,25). The summed E-state index contributed by atoms with van der Waals surface area (Å²) in [4.78, 5) is 16.2. The molecule has 0 spiro atoms. The van der Waals surface area contributed by atoms with Gasteiger partial charge in [-0.2, -0.15) is 0 Å².